The molecule has 0 amide bonds. The molecule has 0 unspecified atom stereocenters. The van der Waals surface area contributed by atoms with E-state index in [4.69, 9.17) is 4.74 Å². The quantitative estimate of drug-likeness (QED) is 0.866. The van der Waals surface area contributed by atoms with E-state index < -0.39 is 10.0 Å². The summed E-state index contributed by atoms with van der Waals surface area (Å²) in [6, 6.07) is 1.77. The first kappa shape index (κ1) is 15.9. The number of piperidine rings is 1. The molecule has 1 aliphatic heterocycles. The molecule has 2 heterocycles. The number of hydrogen-bond donors (Lipinski definition) is 1. The predicted octanol–water partition coefficient (Wildman–Crippen LogP) is 1.66. The lowest BCUT2D eigenvalue weighted by atomic mass is 10.1. The minimum absolute atomic E-state index is 0.203. The average molecular weight is 318 g/mol. The molecule has 1 aromatic heterocycles. The molecule has 114 valence electrons. The predicted molar refractivity (Wildman–Crippen MR) is 80.5 cm³/mol. The lowest BCUT2D eigenvalue weighted by Gasteiger charge is -2.30. The number of sulfonamides is 1. The van der Waals surface area contributed by atoms with Crippen LogP contribution in [0.2, 0.25) is 0 Å². The molecule has 5 nitrogen and oxygen atoms in total. The average Bonchev–Trinajstić information content (AvgIpc) is 2.90. The summed E-state index contributed by atoms with van der Waals surface area (Å²) in [4.78, 5) is 1.46. The highest BCUT2D eigenvalue weighted by atomic mass is 32.2. The van der Waals surface area contributed by atoms with Crippen LogP contribution in [-0.4, -0.2) is 45.6 Å². The smallest absolute Gasteiger partial charge is 0.243 e. The molecule has 0 atom stereocenters. The first-order chi connectivity index (χ1) is 9.57. The van der Waals surface area contributed by atoms with Gasteiger partial charge in [0.15, 0.2) is 0 Å². The summed E-state index contributed by atoms with van der Waals surface area (Å²) in [6.07, 6.45) is 1.76. The third-order valence-corrected chi connectivity index (χ3v) is 6.38. The van der Waals surface area contributed by atoms with Crippen molar-refractivity contribution in [3.63, 3.8) is 0 Å². The van der Waals surface area contributed by atoms with Crippen LogP contribution in [0.5, 0.6) is 0 Å². The Morgan fingerprint density at radius 3 is 2.75 bits per heavy atom. The van der Waals surface area contributed by atoms with Gasteiger partial charge in [-0.3, -0.25) is 0 Å². The fourth-order valence-electron chi connectivity index (χ4n) is 2.39. The van der Waals surface area contributed by atoms with Crippen molar-refractivity contribution in [1.29, 1.82) is 0 Å². The Kier molecular flexibility index (Phi) is 5.57. The van der Waals surface area contributed by atoms with Crippen LogP contribution in [0.3, 0.4) is 0 Å². The van der Waals surface area contributed by atoms with E-state index >= 15 is 0 Å². The molecule has 0 spiro atoms. The molecule has 20 heavy (non-hydrogen) atoms. The highest BCUT2D eigenvalue weighted by Crippen LogP contribution is 2.25. The van der Waals surface area contributed by atoms with Crippen molar-refractivity contribution >= 4 is 21.4 Å². The van der Waals surface area contributed by atoms with Gasteiger partial charge in [0.2, 0.25) is 10.0 Å². The summed E-state index contributed by atoms with van der Waals surface area (Å²) in [7, 11) is -1.48. The van der Waals surface area contributed by atoms with Gasteiger partial charge in [0.1, 0.15) is 0 Å². The largest absolute Gasteiger partial charge is 0.378 e. The summed E-state index contributed by atoms with van der Waals surface area (Å²) in [5.74, 6) is 0. The van der Waals surface area contributed by atoms with E-state index in [-0.39, 0.29) is 6.10 Å². The van der Waals surface area contributed by atoms with Crippen LogP contribution in [0.15, 0.2) is 16.3 Å². The van der Waals surface area contributed by atoms with Crippen LogP contribution < -0.4 is 5.32 Å². The van der Waals surface area contributed by atoms with Gasteiger partial charge in [0.25, 0.3) is 0 Å². The molecule has 0 saturated carbocycles. The van der Waals surface area contributed by atoms with Crippen molar-refractivity contribution in [1.82, 2.24) is 9.62 Å². The van der Waals surface area contributed by atoms with Gasteiger partial charge in [-0.05, 0) is 32.9 Å². The van der Waals surface area contributed by atoms with E-state index in [0.29, 0.717) is 31.1 Å². The molecular formula is C13H22N2O3S2. The van der Waals surface area contributed by atoms with Crippen LogP contribution in [0.25, 0.3) is 0 Å². The Bertz CT molecular complexity index is 519. The molecule has 7 heteroatoms. The number of nitrogens with one attached hydrogen (secondary N) is 1. The normalized spacial score (nSPS) is 18.5. The summed E-state index contributed by atoms with van der Waals surface area (Å²) in [6.45, 7) is 4.45. The SMILES string of the molecule is CCOC1CCN(S(=O)(=O)c2csc(CNC)c2)CC1. The van der Waals surface area contributed by atoms with Crippen molar-refractivity contribution in [2.24, 2.45) is 0 Å². The number of rotatable bonds is 6. The fourth-order valence-corrected chi connectivity index (χ4v) is 5.13. The second-order valence-electron chi connectivity index (χ2n) is 4.84. The molecule has 2 rings (SSSR count). The fraction of sp³-hybridized carbons (Fsp3) is 0.692. The molecule has 0 bridgehead atoms. The van der Waals surface area contributed by atoms with Crippen molar-refractivity contribution in [2.75, 3.05) is 26.7 Å². The van der Waals surface area contributed by atoms with Gasteiger partial charge in [-0.25, -0.2) is 8.42 Å². The highest BCUT2D eigenvalue weighted by Gasteiger charge is 2.30. The lowest BCUT2D eigenvalue weighted by molar-refractivity contribution is 0.0290. The Balaban J connectivity index is 2.03. The second kappa shape index (κ2) is 7.00. The Morgan fingerprint density at radius 2 is 2.15 bits per heavy atom. The summed E-state index contributed by atoms with van der Waals surface area (Å²) in [5, 5.41) is 4.77. The van der Waals surface area contributed by atoms with E-state index in [0.717, 1.165) is 17.7 Å². The van der Waals surface area contributed by atoms with E-state index in [9.17, 15) is 8.42 Å². The highest BCUT2D eigenvalue weighted by molar-refractivity contribution is 7.89. The zero-order valence-corrected chi connectivity index (χ0v) is 13.6. The van der Waals surface area contributed by atoms with Crippen molar-refractivity contribution in [3.05, 3.63) is 16.3 Å². The summed E-state index contributed by atoms with van der Waals surface area (Å²) >= 11 is 1.48. The number of ether oxygens (including phenoxy) is 1. The van der Waals surface area contributed by atoms with Gasteiger partial charge in [-0.1, -0.05) is 0 Å². The van der Waals surface area contributed by atoms with E-state index in [2.05, 4.69) is 5.32 Å². The molecule has 1 aromatic rings. The minimum Gasteiger partial charge on any atom is -0.378 e. The third kappa shape index (κ3) is 3.59. The van der Waals surface area contributed by atoms with Gasteiger partial charge in [0, 0.05) is 36.5 Å². The number of hydrogen-bond acceptors (Lipinski definition) is 5. The van der Waals surface area contributed by atoms with Gasteiger partial charge >= 0.3 is 0 Å². The van der Waals surface area contributed by atoms with Crippen LogP contribution in [0.4, 0.5) is 0 Å². The zero-order valence-electron chi connectivity index (χ0n) is 12.0. The molecule has 0 aliphatic carbocycles. The molecule has 0 aromatic carbocycles. The van der Waals surface area contributed by atoms with Crippen LogP contribution in [0.1, 0.15) is 24.6 Å². The van der Waals surface area contributed by atoms with E-state index in [1.165, 1.54) is 11.3 Å². The maximum absolute atomic E-state index is 12.5. The van der Waals surface area contributed by atoms with Gasteiger partial charge in [-0.15, -0.1) is 11.3 Å². The molecule has 0 radical (unpaired) electrons. The molecule has 1 fully saturated rings. The first-order valence-corrected chi connectivity index (χ1v) is 9.23. The molecular weight excluding hydrogens is 296 g/mol. The van der Waals surface area contributed by atoms with Gasteiger partial charge < -0.3 is 10.1 Å². The standard InChI is InChI=1S/C13H22N2O3S2/c1-3-18-11-4-6-15(7-5-11)20(16,17)13-8-12(9-14-2)19-10-13/h8,10-11,14H,3-7,9H2,1-2H3. The summed E-state index contributed by atoms with van der Waals surface area (Å²) in [5.41, 5.74) is 0. The second-order valence-corrected chi connectivity index (χ2v) is 7.77. The van der Waals surface area contributed by atoms with Gasteiger partial charge in [0.05, 0.1) is 11.0 Å². The minimum atomic E-state index is -3.34. The first-order valence-electron chi connectivity index (χ1n) is 6.91. The maximum atomic E-state index is 12.5. The monoisotopic (exact) mass is 318 g/mol. The van der Waals surface area contributed by atoms with E-state index in [1.54, 1.807) is 15.8 Å². The van der Waals surface area contributed by atoms with E-state index in [1.807, 2.05) is 14.0 Å². The van der Waals surface area contributed by atoms with Crippen LogP contribution in [0, 0.1) is 0 Å². The van der Waals surface area contributed by atoms with Crippen molar-refractivity contribution in [2.45, 2.75) is 37.3 Å². The Morgan fingerprint density at radius 1 is 1.45 bits per heavy atom. The van der Waals surface area contributed by atoms with Crippen LogP contribution in [-0.2, 0) is 21.3 Å². The van der Waals surface area contributed by atoms with Crippen LogP contribution >= 0.6 is 11.3 Å². The van der Waals surface area contributed by atoms with Gasteiger partial charge in [-0.2, -0.15) is 4.31 Å². The molecule has 1 aliphatic rings. The Labute approximate surface area is 125 Å². The zero-order chi connectivity index (χ0) is 14.6. The maximum Gasteiger partial charge on any atom is 0.243 e. The molecule has 1 N–H and O–H groups in total. The topological polar surface area (TPSA) is 58.6 Å². The third-order valence-electron chi connectivity index (χ3n) is 3.42. The lowest BCUT2D eigenvalue weighted by Crippen LogP contribution is -2.40. The van der Waals surface area contributed by atoms with Crippen molar-refractivity contribution < 1.29 is 13.2 Å². The summed E-state index contributed by atoms with van der Waals surface area (Å²) < 4.78 is 32.2. The number of nitrogens with zero attached hydrogens (tertiary/aromatic N) is 1. The number of thiophene rings is 1. The molecule has 1 saturated heterocycles. The van der Waals surface area contributed by atoms with Crippen molar-refractivity contribution in [3.8, 4) is 0 Å². The Hall–Kier alpha value is -0.470.